The monoisotopic (exact) mass is 535 g/mol. The molecule has 10 atom stereocenters. The van der Waals surface area contributed by atoms with Gasteiger partial charge in [0.05, 0.1) is 0 Å². The van der Waals surface area contributed by atoms with E-state index in [9.17, 15) is 30.0 Å². The zero-order valence-corrected chi connectivity index (χ0v) is 21.2. The van der Waals surface area contributed by atoms with E-state index >= 15 is 0 Å². The van der Waals surface area contributed by atoms with Crippen LogP contribution in [0.3, 0.4) is 0 Å². The van der Waals surface area contributed by atoms with Crippen molar-refractivity contribution >= 4 is 11.8 Å². The molecule has 15 heteroatoms. The third-order valence-electron chi connectivity index (χ3n) is 6.47. The largest absolute Gasteiger partial charge is 0.387 e. The van der Waals surface area contributed by atoms with Gasteiger partial charge in [-0.3, -0.25) is 9.59 Å². The molecule has 15 nitrogen and oxygen atoms in total. The Hall–Kier alpha value is -1.50. The first-order chi connectivity index (χ1) is 17.3. The first kappa shape index (κ1) is 28.5. The van der Waals surface area contributed by atoms with Gasteiger partial charge >= 0.3 is 0 Å². The van der Waals surface area contributed by atoms with Crippen LogP contribution in [0.5, 0.6) is 0 Å². The Kier molecular flexibility index (Phi) is 8.43. The van der Waals surface area contributed by atoms with Crippen molar-refractivity contribution in [3.63, 3.8) is 0 Å². The Bertz CT molecular complexity index is 778. The molecule has 0 aromatic rings. The molecule has 7 N–H and O–H groups in total. The number of hydrogen-bond donors (Lipinski definition) is 7. The van der Waals surface area contributed by atoms with Gasteiger partial charge < -0.3 is 64.8 Å². The molecule has 4 heterocycles. The lowest BCUT2D eigenvalue weighted by Crippen LogP contribution is -2.50. The molecule has 2 amide bonds. The summed E-state index contributed by atoms with van der Waals surface area (Å²) in [5.74, 6) is -3.30. The highest BCUT2D eigenvalue weighted by Crippen LogP contribution is 2.39. The van der Waals surface area contributed by atoms with E-state index in [1.165, 1.54) is 0 Å². The molecule has 0 aromatic carbocycles. The van der Waals surface area contributed by atoms with Gasteiger partial charge in [0, 0.05) is 26.2 Å². The molecule has 4 fully saturated rings. The topological polar surface area (TPSA) is 207 Å². The Balaban J connectivity index is 1.07. The zero-order valence-electron chi connectivity index (χ0n) is 21.2. The minimum atomic E-state index is -1.62. The molecule has 37 heavy (non-hydrogen) atoms. The number of carbonyl (C=O) groups excluding carboxylic acids is 2. The predicted molar refractivity (Wildman–Crippen MR) is 120 cm³/mol. The molecule has 4 aliphatic rings. The number of ether oxygens (including phenoxy) is 6. The van der Waals surface area contributed by atoms with Gasteiger partial charge in [0.2, 0.25) is 0 Å². The van der Waals surface area contributed by atoms with Gasteiger partial charge in [-0.15, -0.1) is 0 Å². The summed E-state index contributed by atoms with van der Waals surface area (Å²) >= 11 is 0. The summed E-state index contributed by atoms with van der Waals surface area (Å²) in [4.78, 5) is 24.5. The van der Waals surface area contributed by atoms with Crippen LogP contribution in [0.1, 0.15) is 27.7 Å². The van der Waals surface area contributed by atoms with Crippen molar-refractivity contribution in [1.82, 2.24) is 16.0 Å². The van der Waals surface area contributed by atoms with Gasteiger partial charge in [-0.2, -0.15) is 0 Å². The number of rotatable bonds is 10. The van der Waals surface area contributed by atoms with Crippen molar-refractivity contribution in [2.75, 3.05) is 26.2 Å². The molecule has 4 saturated heterocycles. The van der Waals surface area contributed by atoms with Gasteiger partial charge in [-0.1, -0.05) is 0 Å². The molecule has 212 valence electrons. The predicted octanol–water partition coefficient (Wildman–Crippen LogP) is -4.00. The summed E-state index contributed by atoms with van der Waals surface area (Å²) in [7, 11) is 0. The van der Waals surface area contributed by atoms with Crippen LogP contribution in [0, 0.1) is 0 Å². The molecule has 0 unspecified atom stereocenters. The fourth-order valence-corrected chi connectivity index (χ4v) is 4.74. The maximum atomic E-state index is 12.2. The van der Waals surface area contributed by atoms with Crippen LogP contribution in [0.15, 0.2) is 0 Å². The lowest BCUT2D eigenvalue weighted by atomic mass is 10.1. The van der Waals surface area contributed by atoms with E-state index in [4.69, 9.17) is 28.4 Å². The van der Waals surface area contributed by atoms with Crippen molar-refractivity contribution in [1.29, 1.82) is 0 Å². The summed E-state index contributed by atoms with van der Waals surface area (Å²) in [6.45, 7) is 7.62. The quantitative estimate of drug-likeness (QED) is 0.133. The maximum absolute atomic E-state index is 12.2. The molecular formula is C22H37N3O12. The normalized spacial score (nSPS) is 39.1. The van der Waals surface area contributed by atoms with Crippen LogP contribution >= 0.6 is 0 Å². The van der Waals surface area contributed by atoms with Gasteiger partial charge in [-0.25, -0.2) is 0 Å². The number of nitrogens with one attached hydrogen (secondary N) is 3. The number of hydrogen-bond acceptors (Lipinski definition) is 13. The zero-order chi connectivity index (χ0) is 27.1. The van der Waals surface area contributed by atoms with Crippen LogP contribution in [-0.4, -0.2) is 131 Å². The molecule has 0 saturated carbocycles. The summed E-state index contributed by atoms with van der Waals surface area (Å²) in [5, 5.41) is 49.3. The van der Waals surface area contributed by atoms with Crippen LogP contribution in [0.25, 0.3) is 0 Å². The molecular weight excluding hydrogens is 498 g/mol. The van der Waals surface area contributed by atoms with Crippen molar-refractivity contribution in [3.8, 4) is 0 Å². The fourth-order valence-electron chi connectivity index (χ4n) is 4.74. The second-order valence-electron chi connectivity index (χ2n) is 10.3. The summed E-state index contributed by atoms with van der Waals surface area (Å²) < 4.78 is 33.0. The first-order valence-electron chi connectivity index (χ1n) is 12.3. The Morgan fingerprint density at radius 3 is 1.43 bits per heavy atom. The fraction of sp³-hybridized carbons (Fsp3) is 0.909. The minimum absolute atomic E-state index is 0.156. The Morgan fingerprint density at radius 2 is 1.08 bits per heavy atom. The molecule has 0 bridgehead atoms. The van der Waals surface area contributed by atoms with Crippen LogP contribution < -0.4 is 16.0 Å². The number of aliphatic hydroxyl groups is 4. The van der Waals surface area contributed by atoms with E-state index in [0.29, 0.717) is 13.1 Å². The Morgan fingerprint density at radius 1 is 0.703 bits per heavy atom. The number of fused-ring (bicyclic) bond motifs is 2. The minimum Gasteiger partial charge on any atom is -0.387 e. The molecule has 4 rings (SSSR count). The highest BCUT2D eigenvalue weighted by Gasteiger charge is 2.58. The lowest BCUT2D eigenvalue weighted by Gasteiger charge is -2.25. The number of amides is 2. The van der Waals surface area contributed by atoms with E-state index in [0.717, 1.165) is 0 Å². The third kappa shape index (κ3) is 6.23. The van der Waals surface area contributed by atoms with E-state index in [1.54, 1.807) is 27.7 Å². The van der Waals surface area contributed by atoms with Crippen LogP contribution in [-0.2, 0) is 38.0 Å². The molecule has 0 aliphatic carbocycles. The van der Waals surface area contributed by atoms with Crippen molar-refractivity contribution in [2.24, 2.45) is 0 Å². The molecule has 4 aliphatic heterocycles. The van der Waals surface area contributed by atoms with E-state index < -0.39 is 84.8 Å². The number of carbonyl (C=O) groups is 2. The summed E-state index contributed by atoms with van der Waals surface area (Å²) in [6.07, 6.45) is -11.4. The highest BCUT2D eigenvalue weighted by atomic mass is 16.8. The van der Waals surface area contributed by atoms with Gasteiger partial charge in [0.15, 0.2) is 36.4 Å². The van der Waals surface area contributed by atoms with Crippen molar-refractivity contribution in [3.05, 3.63) is 0 Å². The maximum Gasteiger partial charge on any atom is 0.251 e. The Labute approximate surface area is 213 Å². The van der Waals surface area contributed by atoms with Crippen molar-refractivity contribution in [2.45, 2.75) is 101 Å². The van der Waals surface area contributed by atoms with Crippen LogP contribution in [0.4, 0.5) is 0 Å². The van der Waals surface area contributed by atoms with Gasteiger partial charge in [0.1, 0.15) is 36.6 Å². The average Bonchev–Trinajstić information content (AvgIpc) is 3.49. The van der Waals surface area contributed by atoms with Crippen molar-refractivity contribution < 1.29 is 58.4 Å². The molecule has 0 spiro atoms. The smallest absolute Gasteiger partial charge is 0.251 e. The second kappa shape index (κ2) is 10.9. The summed E-state index contributed by atoms with van der Waals surface area (Å²) in [5.41, 5.74) is 0. The number of aliphatic hydroxyl groups excluding tert-OH is 4. The molecule has 0 aromatic heterocycles. The highest BCUT2D eigenvalue weighted by molar-refractivity contribution is 5.81. The van der Waals surface area contributed by atoms with Gasteiger partial charge in [-0.05, 0) is 27.7 Å². The van der Waals surface area contributed by atoms with E-state index in [2.05, 4.69) is 16.0 Å². The SMILES string of the molecule is CC1(C)O[C@H]2O[C@H]([C@H](O)C(=O)NCCNCCNC(=O)[C@@H](O)[C@H]3O[C@@H]4OC(C)(C)O[C@@H]4[C@H]3O)[C@H](O)[C@H]2O1. The second-order valence-corrected chi connectivity index (χ2v) is 10.3. The average molecular weight is 536 g/mol. The van der Waals surface area contributed by atoms with Crippen LogP contribution in [0.2, 0.25) is 0 Å². The van der Waals surface area contributed by atoms with E-state index in [1.807, 2.05) is 0 Å². The van der Waals surface area contributed by atoms with E-state index in [-0.39, 0.29) is 13.1 Å². The standard InChI is InChI=1S/C22H37N3O12/c1-21(2)34-15-9(26)13(32-19(15)36-21)11(28)17(30)24-7-5-23-6-8-25-18(31)12(29)14-10(27)16-20(33-14)37-22(3,4)35-16/h9-16,19-20,23,26-29H,5-8H2,1-4H3,(H,24,30)(H,25,31)/t9-,10-,11-,12-,13-,14-,15+,16+,19+,20+/m0/s1. The summed E-state index contributed by atoms with van der Waals surface area (Å²) in [6, 6.07) is 0. The third-order valence-corrected chi connectivity index (χ3v) is 6.47. The van der Waals surface area contributed by atoms with Gasteiger partial charge in [0.25, 0.3) is 11.8 Å². The molecule has 0 radical (unpaired) electrons. The first-order valence-corrected chi connectivity index (χ1v) is 12.3. The lowest BCUT2D eigenvalue weighted by molar-refractivity contribution is -0.225.